The van der Waals surface area contributed by atoms with Crippen LogP contribution in [0.5, 0.6) is 5.75 Å². The molecule has 0 N–H and O–H groups in total. The summed E-state index contributed by atoms with van der Waals surface area (Å²) in [4.78, 5) is 2.54. The average Bonchev–Trinajstić information content (AvgIpc) is 3.00. The minimum atomic E-state index is 0.113. The molecule has 4 heteroatoms. The number of hydrogen-bond donors (Lipinski definition) is 0. The molecule has 2 aliphatic heterocycles. The summed E-state index contributed by atoms with van der Waals surface area (Å²) >= 11 is 0. The molecule has 0 radical (unpaired) electrons. The van der Waals surface area contributed by atoms with E-state index in [1.807, 2.05) is 6.07 Å². The molecule has 2 fully saturated rings. The topological polar surface area (TPSA) is 30.9 Å². The standard InChI is InChI=1S/C20H31NO3/c1-3-23-13-7-18-8-14-24-20(18)9-11-21(12-10-20)16-17-5-4-6-19(15-17)22-2/h4-6,15,18H,3,7-14,16H2,1-2H3. The van der Waals surface area contributed by atoms with E-state index in [4.69, 9.17) is 14.2 Å². The number of piperidine rings is 1. The zero-order valence-corrected chi connectivity index (χ0v) is 15.1. The van der Waals surface area contributed by atoms with Crippen LogP contribution in [0.1, 0.15) is 38.2 Å². The van der Waals surface area contributed by atoms with Gasteiger partial charge in [-0.2, -0.15) is 0 Å². The first kappa shape index (κ1) is 17.7. The summed E-state index contributed by atoms with van der Waals surface area (Å²) in [5, 5.41) is 0. The van der Waals surface area contributed by atoms with Crippen molar-refractivity contribution in [3.63, 3.8) is 0 Å². The molecule has 0 aromatic heterocycles. The fourth-order valence-corrected chi connectivity index (χ4v) is 4.23. The van der Waals surface area contributed by atoms with Crippen LogP contribution in [0.4, 0.5) is 0 Å². The van der Waals surface area contributed by atoms with Gasteiger partial charge in [-0.3, -0.25) is 4.90 Å². The molecule has 2 aliphatic rings. The van der Waals surface area contributed by atoms with Gasteiger partial charge >= 0.3 is 0 Å². The van der Waals surface area contributed by atoms with E-state index in [-0.39, 0.29) is 5.60 Å². The van der Waals surface area contributed by atoms with Crippen molar-refractivity contribution >= 4 is 0 Å². The molecule has 4 nitrogen and oxygen atoms in total. The van der Waals surface area contributed by atoms with Crippen molar-refractivity contribution in [2.45, 2.75) is 44.8 Å². The van der Waals surface area contributed by atoms with Crippen LogP contribution in [-0.4, -0.2) is 50.5 Å². The second-order valence-corrected chi connectivity index (χ2v) is 7.01. The van der Waals surface area contributed by atoms with E-state index >= 15 is 0 Å². The number of likely N-dealkylation sites (tertiary alicyclic amines) is 1. The lowest BCUT2D eigenvalue weighted by Gasteiger charge is -2.42. The van der Waals surface area contributed by atoms with Gasteiger partial charge in [0.25, 0.3) is 0 Å². The highest BCUT2D eigenvalue weighted by Gasteiger charge is 2.45. The highest BCUT2D eigenvalue weighted by Crippen LogP contribution is 2.42. The second kappa shape index (κ2) is 8.32. The Morgan fingerprint density at radius 1 is 1.29 bits per heavy atom. The molecule has 1 aromatic rings. The van der Waals surface area contributed by atoms with Gasteiger partial charge in [0.1, 0.15) is 5.75 Å². The van der Waals surface area contributed by atoms with Crippen LogP contribution in [0.15, 0.2) is 24.3 Å². The second-order valence-electron chi connectivity index (χ2n) is 7.01. The molecule has 1 atom stereocenters. The third-order valence-corrected chi connectivity index (χ3v) is 5.66. The predicted octanol–water partition coefficient (Wildman–Crippen LogP) is 3.49. The van der Waals surface area contributed by atoms with Crippen molar-refractivity contribution in [2.75, 3.05) is 40.0 Å². The van der Waals surface area contributed by atoms with Crippen molar-refractivity contribution < 1.29 is 14.2 Å². The van der Waals surface area contributed by atoms with Crippen LogP contribution >= 0.6 is 0 Å². The van der Waals surface area contributed by atoms with Crippen LogP contribution in [0.25, 0.3) is 0 Å². The van der Waals surface area contributed by atoms with Crippen molar-refractivity contribution in [1.29, 1.82) is 0 Å². The van der Waals surface area contributed by atoms with Gasteiger partial charge in [0.2, 0.25) is 0 Å². The largest absolute Gasteiger partial charge is 0.497 e. The van der Waals surface area contributed by atoms with E-state index in [9.17, 15) is 0 Å². The third kappa shape index (κ3) is 4.11. The number of benzene rings is 1. The summed E-state index contributed by atoms with van der Waals surface area (Å²) in [6.45, 7) is 7.90. The van der Waals surface area contributed by atoms with Gasteiger partial charge in [0.15, 0.2) is 0 Å². The van der Waals surface area contributed by atoms with E-state index < -0.39 is 0 Å². The van der Waals surface area contributed by atoms with E-state index in [0.29, 0.717) is 5.92 Å². The first-order chi connectivity index (χ1) is 11.8. The van der Waals surface area contributed by atoms with Crippen LogP contribution in [0, 0.1) is 5.92 Å². The molecule has 2 heterocycles. The Kier molecular flexibility index (Phi) is 6.14. The minimum Gasteiger partial charge on any atom is -0.497 e. The highest BCUT2D eigenvalue weighted by atomic mass is 16.5. The van der Waals surface area contributed by atoms with Gasteiger partial charge in [-0.25, -0.2) is 0 Å². The van der Waals surface area contributed by atoms with Gasteiger partial charge < -0.3 is 14.2 Å². The molecule has 1 aromatic carbocycles. The molecular weight excluding hydrogens is 302 g/mol. The first-order valence-corrected chi connectivity index (χ1v) is 9.33. The van der Waals surface area contributed by atoms with Crippen LogP contribution in [-0.2, 0) is 16.0 Å². The Balaban J connectivity index is 1.52. The summed E-state index contributed by atoms with van der Waals surface area (Å²) in [5.41, 5.74) is 1.44. The fraction of sp³-hybridized carbons (Fsp3) is 0.700. The SMILES string of the molecule is CCOCCC1CCOC12CCN(Cc1cccc(OC)c1)CC2. The normalized spacial score (nSPS) is 23.7. The first-order valence-electron chi connectivity index (χ1n) is 9.33. The maximum atomic E-state index is 6.26. The summed E-state index contributed by atoms with van der Waals surface area (Å²) in [6, 6.07) is 8.40. The molecule has 0 aliphatic carbocycles. The van der Waals surface area contributed by atoms with E-state index in [2.05, 4.69) is 30.0 Å². The Morgan fingerprint density at radius 3 is 2.88 bits per heavy atom. The maximum absolute atomic E-state index is 6.26. The maximum Gasteiger partial charge on any atom is 0.119 e. The summed E-state index contributed by atoms with van der Waals surface area (Å²) in [5.74, 6) is 1.61. The van der Waals surface area contributed by atoms with Crippen LogP contribution in [0.3, 0.4) is 0 Å². The summed E-state index contributed by atoms with van der Waals surface area (Å²) < 4.78 is 17.2. The van der Waals surface area contributed by atoms with E-state index in [0.717, 1.165) is 64.5 Å². The van der Waals surface area contributed by atoms with Crippen molar-refractivity contribution in [3.8, 4) is 5.75 Å². The van der Waals surface area contributed by atoms with Crippen molar-refractivity contribution in [2.24, 2.45) is 5.92 Å². The summed E-state index contributed by atoms with van der Waals surface area (Å²) in [7, 11) is 1.73. The third-order valence-electron chi connectivity index (χ3n) is 5.66. The zero-order valence-electron chi connectivity index (χ0n) is 15.1. The van der Waals surface area contributed by atoms with Gasteiger partial charge in [-0.05, 0) is 56.2 Å². The zero-order chi connectivity index (χ0) is 16.8. The van der Waals surface area contributed by atoms with E-state index in [1.54, 1.807) is 7.11 Å². The number of hydrogen-bond acceptors (Lipinski definition) is 4. The molecule has 24 heavy (non-hydrogen) atoms. The molecule has 1 spiro atoms. The lowest BCUT2D eigenvalue weighted by atomic mass is 9.78. The smallest absolute Gasteiger partial charge is 0.119 e. The number of rotatable bonds is 7. The van der Waals surface area contributed by atoms with Gasteiger partial charge in [-0.15, -0.1) is 0 Å². The number of methoxy groups -OCH3 is 1. The molecule has 3 rings (SSSR count). The van der Waals surface area contributed by atoms with Crippen LogP contribution in [0.2, 0.25) is 0 Å². The molecule has 2 saturated heterocycles. The van der Waals surface area contributed by atoms with Crippen molar-refractivity contribution in [1.82, 2.24) is 4.90 Å². The number of ether oxygens (including phenoxy) is 3. The molecular formula is C20H31NO3. The number of nitrogens with zero attached hydrogens (tertiary/aromatic N) is 1. The monoisotopic (exact) mass is 333 g/mol. The minimum absolute atomic E-state index is 0.113. The molecule has 0 saturated carbocycles. The highest BCUT2D eigenvalue weighted by molar-refractivity contribution is 5.28. The van der Waals surface area contributed by atoms with Gasteiger partial charge in [-0.1, -0.05) is 12.1 Å². The molecule has 0 amide bonds. The summed E-state index contributed by atoms with van der Waals surface area (Å²) in [6.07, 6.45) is 4.63. The Morgan fingerprint density at radius 2 is 2.12 bits per heavy atom. The van der Waals surface area contributed by atoms with Gasteiger partial charge in [0.05, 0.1) is 12.7 Å². The lowest BCUT2D eigenvalue weighted by molar-refractivity contribution is -0.0728. The van der Waals surface area contributed by atoms with Crippen LogP contribution < -0.4 is 4.74 Å². The lowest BCUT2D eigenvalue weighted by Crippen LogP contribution is -2.47. The average molecular weight is 333 g/mol. The quantitative estimate of drug-likeness (QED) is 0.715. The predicted molar refractivity (Wildman–Crippen MR) is 95.4 cm³/mol. The molecule has 0 bridgehead atoms. The molecule has 134 valence electrons. The Labute approximate surface area is 146 Å². The fourth-order valence-electron chi connectivity index (χ4n) is 4.23. The molecule has 1 unspecified atom stereocenters. The van der Waals surface area contributed by atoms with Gasteiger partial charge in [0, 0.05) is 39.5 Å². The van der Waals surface area contributed by atoms with Crippen molar-refractivity contribution in [3.05, 3.63) is 29.8 Å². The Hall–Kier alpha value is -1.10. The Bertz CT molecular complexity index is 511. The van der Waals surface area contributed by atoms with E-state index in [1.165, 1.54) is 12.0 Å².